The molecule has 0 radical (unpaired) electrons. The Balaban J connectivity index is 1.09. The van der Waals surface area contributed by atoms with Gasteiger partial charge < -0.3 is 19.7 Å². The van der Waals surface area contributed by atoms with Crippen molar-refractivity contribution in [1.29, 1.82) is 0 Å². The second kappa shape index (κ2) is 18.5. The van der Waals surface area contributed by atoms with E-state index in [4.69, 9.17) is 9.47 Å². The molecule has 364 valence electrons. The normalized spacial score (nSPS) is 12.2. The minimum atomic E-state index is -0.637. The summed E-state index contributed by atoms with van der Waals surface area (Å²) in [6.07, 6.45) is 0. The van der Waals surface area contributed by atoms with Crippen molar-refractivity contribution in [3.05, 3.63) is 205 Å². The lowest BCUT2D eigenvalue weighted by Gasteiger charge is -2.31. The fourth-order valence-corrected chi connectivity index (χ4v) is 16.3. The molecule has 10 aromatic carbocycles. The number of rotatable bonds is 12. The largest absolute Gasteiger partial charge is 0.490 e. The molecule has 4 nitrogen and oxygen atoms in total. The SMILES string of the molecule is CC(C)(c1cc(-c2cccc3c2sc2ccccc23)c(OCCO)c(-c2cccc3c2sc2ccccc23)c1)c1cc(-c2cccc3c2sc2ccccc23)c(OCCO)c(-c2cccc3c2sc2ccccc23)c1. The van der Waals surface area contributed by atoms with E-state index in [9.17, 15) is 10.2 Å². The molecule has 0 saturated carbocycles. The van der Waals surface area contributed by atoms with E-state index < -0.39 is 5.41 Å². The van der Waals surface area contributed by atoms with Crippen LogP contribution in [0.5, 0.6) is 11.5 Å². The van der Waals surface area contributed by atoms with Crippen molar-refractivity contribution >= 4 is 126 Å². The van der Waals surface area contributed by atoms with Gasteiger partial charge in [0, 0.05) is 131 Å². The summed E-state index contributed by atoms with van der Waals surface area (Å²) in [6.45, 7) is 4.73. The summed E-state index contributed by atoms with van der Waals surface area (Å²) in [5.74, 6) is 1.50. The Morgan fingerprint density at radius 1 is 0.320 bits per heavy atom. The highest BCUT2D eigenvalue weighted by molar-refractivity contribution is 7.27. The minimum Gasteiger partial charge on any atom is -0.490 e. The van der Waals surface area contributed by atoms with Crippen molar-refractivity contribution in [1.82, 2.24) is 0 Å². The van der Waals surface area contributed by atoms with Crippen LogP contribution in [0.25, 0.3) is 125 Å². The van der Waals surface area contributed by atoms with Gasteiger partial charge in [-0.2, -0.15) is 0 Å². The molecular weight excluding hydrogens is 997 g/mol. The van der Waals surface area contributed by atoms with Gasteiger partial charge in [-0.3, -0.25) is 0 Å². The van der Waals surface area contributed by atoms with Crippen LogP contribution in [-0.4, -0.2) is 36.6 Å². The molecule has 0 aliphatic carbocycles. The first kappa shape index (κ1) is 46.2. The summed E-state index contributed by atoms with van der Waals surface area (Å²) in [5.41, 5.74) is 9.86. The molecule has 14 rings (SSSR count). The van der Waals surface area contributed by atoms with Gasteiger partial charge in [-0.25, -0.2) is 0 Å². The molecule has 0 amide bonds. The van der Waals surface area contributed by atoms with Crippen molar-refractivity contribution in [3.8, 4) is 56.0 Å². The zero-order chi connectivity index (χ0) is 50.4. The number of hydrogen-bond acceptors (Lipinski definition) is 8. The van der Waals surface area contributed by atoms with E-state index in [1.807, 2.05) is 45.3 Å². The molecule has 0 spiro atoms. The molecule has 0 fully saturated rings. The average molecular weight is 1050 g/mol. The van der Waals surface area contributed by atoms with Gasteiger partial charge in [0.2, 0.25) is 0 Å². The highest BCUT2D eigenvalue weighted by Gasteiger charge is 2.32. The Labute approximate surface area is 449 Å². The lowest BCUT2D eigenvalue weighted by molar-refractivity contribution is 0.202. The monoisotopic (exact) mass is 1040 g/mol. The van der Waals surface area contributed by atoms with Crippen LogP contribution in [-0.2, 0) is 5.41 Å². The second-order valence-electron chi connectivity index (χ2n) is 19.7. The predicted molar refractivity (Wildman–Crippen MR) is 323 cm³/mol. The summed E-state index contributed by atoms with van der Waals surface area (Å²) < 4.78 is 23.5. The molecule has 0 aliphatic heterocycles. The first-order valence-electron chi connectivity index (χ1n) is 25.3. The fraction of sp³-hybridized carbons (Fsp3) is 0.104. The van der Waals surface area contributed by atoms with Gasteiger partial charge in [0.25, 0.3) is 0 Å². The predicted octanol–water partition coefficient (Wildman–Crippen LogP) is 18.9. The van der Waals surface area contributed by atoms with Gasteiger partial charge in [0.05, 0.1) is 13.2 Å². The van der Waals surface area contributed by atoms with Crippen LogP contribution in [0, 0.1) is 0 Å². The molecule has 0 unspecified atom stereocenters. The summed E-state index contributed by atoms with van der Waals surface area (Å²) >= 11 is 7.25. The van der Waals surface area contributed by atoms with E-state index in [-0.39, 0.29) is 26.4 Å². The van der Waals surface area contributed by atoms with Crippen LogP contribution in [0.15, 0.2) is 194 Å². The number of ether oxygens (including phenoxy) is 2. The van der Waals surface area contributed by atoms with E-state index in [1.54, 1.807) is 0 Å². The molecule has 2 N–H and O–H groups in total. The van der Waals surface area contributed by atoms with Crippen LogP contribution >= 0.6 is 45.3 Å². The number of aliphatic hydroxyl groups is 2. The molecular formula is C67H48O4S4. The van der Waals surface area contributed by atoms with Crippen molar-refractivity contribution in [2.75, 3.05) is 26.4 Å². The molecule has 8 heteroatoms. The Kier molecular flexibility index (Phi) is 11.4. The van der Waals surface area contributed by atoms with Crippen molar-refractivity contribution in [3.63, 3.8) is 0 Å². The van der Waals surface area contributed by atoms with Crippen LogP contribution in [0.1, 0.15) is 25.0 Å². The van der Waals surface area contributed by atoms with Gasteiger partial charge >= 0.3 is 0 Å². The quantitative estimate of drug-likeness (QED) is 0.128. The molecule has 0 saturated heterocycles. The number of benzene rings is 10. The van der Waals surface area contributed by atoms with Crippen molar-refractivity contribution in [2.45, 2.75) is 19.3 Å². The van der Waals surface area contributed by atoms with Gasteiger partial charge in [0.1, 0.15) is 24.7 Å². The summed E-state index contributed by atoms with van der Waals surface area (Å²) in [6, 6.07) is 70.6. The van der Waals surface area contributed by atoms with E-state index in [2.05, 4.69) is 208 Å². The van der Waals surface area contributed by atoms with E-state index in [1.165, 1.54) is 80.7 Å². The first-order chi connectivity index (χ1) is 36.9. The summed E-state index contributed by atoms with van der Waals surface area (Å²) in [5, 5.41) is 30.8. The maximum atomic E-state index is 10.5. The lowest BCUT2D eigenvalue weighted by Crippen LogP contribution is -2.20. The average Bonchev–Trinajstić information content (AvgIpc) is 4.24. The Morgan fingerprint density at radius 3 is 0.840 bits per heavy atom. The maximum absolute atomic E-state index is 10.5. The number of fused-ring (bicyclic) bond motifs is 12. The molecule has 0 atom stereocenters. The van der Waals surface area contributed by atoms with Gasteiger partial charge in [-0.05, 0) is 59.7 Å². The maximum Gasteiger partial charge on any atom is 0.135 e. The number of aliphatic hydroxyl groups excluding tert-OH is 2. The van der Waals surface area contributed by atoms with Crippen LogP contribution in [0.4, 0.5) is 0 Å². The Hall–Kier alpha value is -7.40. The molecule has 0 aliphatic rings. The minimum absolute atomic E-state index is 0.123. The molecule has 4 aromatic heterocycles. The summed E-state index contributed by atoms with van der Waals surface area (Å²) in [7, 11) is 0. The van der Waals surface area contributed by atoms with Gasteiger partial charge in [-0.1, -0.05) is 159 Å². The van der Waals surface area contributed by atoms with Gasteiger partial charge in [0.15, 0.2) is 0 Å². The molecule has 4 heterocycles. The Morgan fingerprint density at radius 2 is 0.573 bits per heavy atom. The molecule has 14 aromatic rings. The van der Waals surface area contributed by atoms with E-state index in [0.29, 0.717) is 0 Å². The number of hydrogen-bond donors (Lipinski definition) is 2. The molecule has 0 bridgehead atoms. The second-order valence-corrected chi connectivity index (χ2v) is 23.9. The highest BCUT2D eigenvalue weighted by atomic mass is 32.1. The first-order valence-corrected chi connectivity index (χ1v) is 28.6. The standard InChI is InChI=1S/C67H48O4S4/c1-67(2,39-35-53(49-23-11-19-45-41-15-3-7-27-57(41)72-63(45)49)61(70-33-31-68)54(36-39)50-24-12-20-46-42-16-4-8-28-58(42)73-64(46)50)40-37-55(51-25-13-21-47-43-17-5-9-29-59(43)74-65(47)51)62(71-34-32-69)56(38-40)52-26-14-22-48-44-18-6-10-30-60(44)75-66(48)52/h3-30,35-38,68-69H,31-34H2,1-2H3. The van der Waals surface area contributed by atoms with Crippen LogP contribution in [0.3, 0.4) is 0 Å². The van der Waals surface area contributed by atoms with Crippen LogP contribution in [0.2, 0.25) is 0 Å². The Bertz CT molecular complexity index is 4010. The third kappa shape index (κ3) is 7.49. The molecule has 75 heavy (non-hydrogen) atoms. The third-order valence-corrected chi connectivity index (χ3v) is 20.0. The van der Waals surface area contributed by atoms with Crippen molar-refractivity contribution < 1.29 is 19.7 Å². The van der Waals surface area contributed by atoms with Crippen molar-refractivity contribution in [2.24, 2.45) is 0 Å². The van der Waals surface area contributed by atoms with Crippen LogP contribution < -0.4 is 9.47 Å². The lowest BCUT2D eigenvalue weighted by atomic mass is 9.74. The zero-order valence-corrected chi connectivity index (χ0v) is 44.4. The van der Waals surface area contributed by atoms with E-state index in [0.717, 1.165) is 67.1 Å². The third-order valence-electron chi connectivity index (χ3n) is 15.1. The zero-order valence-electron chi connectivity index (χ0n) is 41.1. The highest BCUT2D eigenvalue weighted by Crippen LogP contribution is 2.54. The van der Waals surface area contributed by atoms with E-state index >= 15 is 0 Å². The summed E-state index contributed by atoms with van der Waals surface area (Å²) in [4.78, 5) is 0. The topological polar surface area (TPSA) is 58.9 Å². The smallest absolute Gasteiger partial charge is 0.135 e. The fourth-order valence-electron chi connectivity index (χ4n) is 11.4. The number of thiophene rings is 4. The van der Waals surface area contributed by atoms with Gasteiger partial charge in [-0.15, -0.1) is 45.3 Å².